The first-order valence-electron chi connectivity index (χ1n) is 13.4. The first-order chi connectivity index (χ1) is 18.6. The zero-order chi connectivity index (χ0) is 29.6. The molecule has 2 unspecified atom stereocenters. The van der Waals surface area contributed by atoms with Crippen LogP contribution in [0.1, 0.15) is 47.5 Å². The van der Waals surface area contributed by atoms with E-state index in [-0.39, 0.29) is 40.4 Å². The third-order valence-electron chi connectivity index (χ3n) is 8.57. The van der Waals surface area contributed by atoms with Gasteiger partial charge in [0.2, 0.25) is 17.7 Å². The summed E-state index contributed by atoms with van der Waals surface area (Å²) in [7, 11) is -4.19. The Bertz CT molecular complexity index is 1360. The van der Waals surface area contributed by atoms with E-state index in [9.17, 15) is 32.5 Å². The molecule has 1 saturated carbocycles. The Kier molecular flexibility index (Phi) is 7.84. The molecular weight excluding hydrogens is 537 g/mol. The number of benzene rings is 1. The van der Waals surface area contributed by atoms with E-state index in [1.54, 1.807) is 20.8 Å². The van der Waals surface area contributed by atoms with E-state index in [2.05, 4.69) is 21.1 Å². The van der Waals surface area contributed by atoms with Crippen LogP contribution in [-0.2, 0) is 24.4 Å². The lowest BCUT2D eigenvalue weighted by atomic mass is 9.80. The first-order valence-corrected chi connectivity index (χ1v) is 14.9. The van der Waals surface area contributed by atoms with Crippen LogP contribution in [0.3, 0.4) is 0 Å². The second-order valence-corrected chi connectivity index (χ2v) is 14.3. The molecule has 3 fully saturated rings. The number of hydrogen-bond acceptors (Lipinski definition) is 6. The van der Waals surface area contributed by atoms with Gasteiger partial charge in [0.15, 0.2) is 0 Å². The average Bonchev–Trinajstić information content (AvgIpc) is 3.21. The normalized spacial score (nSPS) is 27.0. The molecule has 4 rings (SSSR count). The lowest BCUT2D eigenvalue weighted by Gasteiger charge is -2.36. The number of piperidine rings is 1. The van der Waals surface area contributed by atoms with E-state index in [1.165, 1.54) is 4.90 Å². The van der Waals surface area contributed by atoms with Crippen LogP contribution >= 0.6 is 0 Å². The second kappa shape index (κ2) is 10.6. The minimum absolute atomic E-state index is 0.0776. The van der Waals surface area contributed by atoms with Gasteiger partial charge in [-0.2, -0.15) is 18.1 Å². The van der Waals surface area contributed by atoms with E-state index < -0.39 is 51.1 Å². The van der Waals surface area contributed by atoms with E-state index in [0.717, 1.165) is 30.5 Å². The van der Waals surface area contributed by atoms with Crippen LogP contribution < -0.4 is 10.6 Å². The molecule has 0 aromatic heterocycles. The molecule has 3 aliphatic rings. The number of nitriles is 1. The van der Waals surface area contributed by atoms with Gasteiger partial charge in [0, 0.05) is 25.2 Å². The molecule has 2 aliphatic heterocycles. The van der Waals surface area contributed by atoms with Crippen molar-refractivity contribution in [3.63, 3.8) is 0 Å². The maximum atomic E-state index is 14.0. The molecule has 6 atom stereocenters. The van der Waals surface area contributed by atoms with Crippen molar-refractivity contribution >= 4 is 34.0 Å². The minimum atomic E-state index is -4.19. The lowest BCUT2D eigenvalue weighted by molar-refractivity contribution is -0.144. The third kappa shape index (κ3) is 5.75. The highest BCUT2D eigenvalue weighted by molar-refractivity contribution is 7.90. The molecule has 0 radical (unpaired) electrons. The average molecular weight is 574 g/mol. The fourth-order valence-electron chi connectivity index (χ4n) is 6.01. The highest BCUT2D eigenvalue weighted by atomic mass is 32.2. The largest absolute Gasteiger partial charge is 0.356 e. The van der Waals surface area contributed by atoms with Gasteiger partial charge in [0.1, 0.15) is 17.9 Å². The van der Waals surface area contributed by atoms with E-state index in [1.807, 2.05) is 13.8 Å². The number of likely N-dealkylation sites (tertiary alicyclic amines) is 1. The zero-order valence-corrected chi connectivity index (χ0v) is 24.2. The molecule has 2 saturated heterocycles. The molecule has 10 nitrogen and oxygen atoms in total. The SMILES string of the molecule is CC(C)(C)C(C=NS(=O)(=O)c1ccc(F)cc1)C(=O)N1C[C@H]2C([C@H]1C(=O)N[C@H](C#N)C[C@@H]1CCNC1=O)C2(C)C. The number of halogens is 1. The smallest absolute Gasteiger partial charge is 0.281 e. The van der Waals surface area contributed by atoms with Gasteiger partial charge in [-0.15, -0.1) is 0 Å². The molecule has 40 heavy (non-hydrogen) atoms. The molecule has 12 heteroatoms. The van der Waals surface area contributed by atoms with Crippen LogP contribution in [0.5, 0.6) is 0 Å². The van der Waals surface area contributed by atoms with Crippen molar-refractivity contribution in [2.24, 2.45) is 38.9 Å². The first kappa shape index (κ1) is 29.6. The summed E-state index contributed by atoms with van der Waals surface area (Å²) in [5.74, 6) is -3.00. The molecule has 1 aliphatic carbocycles. The Morgan fingerprint density at radius 1 is 1.30 bits per heavy atom. The quantitative estimate of drug-likeness (QED) is 0.456. The van der Waals surface area contributed by atoms with E-state index in [4.69, 9.17) is 0 Å². The fraction of sp³-hybridized carbons (Fsp3) is 0.607. The van der Waals surface area contributed by atoms with Crippen LogP contribution in [0.25, 0.3) is 0 Å². The molecule has 216 valence electrons. The highest BCUT2D eigenvalue weighted by Crippen LogP contribution is 2.65. The van der Waals surface area contributed by atoms with Crippen molar-refractivity contribution < 1.29 is 27.2 Å². The number of amides is 3. The molecule has 2 N–H and O–H groups in total. The molecule has 0 bridgehead atoms. The number of carbonyl (C=O) groups is 3. The Morgan fingerprint density at radius 3 is 2.50 bits per heavy atom. The zero-order valence-electron chi connectivity index (χ0n) is 23.3. The summed E-state index contributed by atoms with van der Waals surface area (Å²) < 4.78 is 42.6. The van der Waals surface area contributed by atoms with Gasteiger partial charge in [-0.3, -0.25) is 14.4 Å². The second-order valence-electron chi connectivity index (χ2n) is 12.6. The van der Waals surface area contributed by atoms with Crippen LogP contribution in [0.15, 0.2) is 33.6 Å². The summed E-state index contributed by atoms with van der Waals surface area (Å²) in [4.78, 5) is 40.8. The lowest BCUT2D eigenvalue weighted by Crippen LogP contribution is -2.54. The number of sulfonamides is 1. The van der Waals surface area contributed by atoms with E-state index >= 15 is 0 Å². The Balaban J connectivity index is 1.56. The van der Waals surface area contributed by atoms with Crippen LogP contribution in [-0.4, -0.2) is 62.4 Å². The Labute approximate surface area is 234 Å². The molecule has 1 aromatic carbocycles. The van der Waals surface area contributed by atoms with Crippen LogP contribution in [0.2, 0.25) is 0 Å². The van der Waals surface area contributed by atoms with E-state index in [0.29, 0.717) is 19.5 Å². The van der Waals surface area contributed by atoms with Crippen molar-refractivity contribution in [1.29, 1.82) is 5.26 Å². The van der Waals surface area contributed by atoms with Gasteiger partial charge < -0.3 is 15.5 Å². The predicted octanol–water partition coefficient (Wildman–Crippen LogP) is 2.27. The van der Waals surface area contributed by atoms with Gasteiger partial charge in [-0.05, 0) is 59.8 Å². The number of rotatable bonds is 8. The van der Waals surface area contributed by atoms with Crippen LogP contribution in [0, 0.1) is 51.6 Å². The van der Waals surface area contributed by atoms with Gasteiger partial charge >= 0.3 is 0 Å². The van der Waals surface area contributed by atoms with Gasteiger partial charge in [0.05, 0.1) is 16.9 Å². The maximum Gasteiger partial charge on any atom is 0.281 e. The topological polar surface area (TPSA) is 149 Å². The molecule has 0 spiro atoms. The van der Waals surface area contributed by atoms with Crippen molar-refractivity contribution in [3.05, 3.63) is 30.1 Å². The summed E-state index contributed by atoms with van der Waals surface area (Å²) in [6.07, 6.45) is 1.87. The van der Waals surface area contributed by atoms with Crippen molar-refractivity contribution in [2.45, 2.75) is 64.4 Å². The number of nitrogens with one attached hydrogen (secondary N) is 2. The monoisotopic (exact) mass is 573 g/mol. The Hall–Kier alpha value is -3.33. The molecule has 1 aromatic rings. The van der Waals surface area contributed by atoms with Crippen molar-refractivity contribution in [2.75, 3.05) is 13.1 Å². The predicted molar refractivity (Wildman–Crippen MR) is 145 cm³/mol. The summed E-state index contributed by atoms with van der Waals surface area (Å²) in [5, 5.41) is 15.2. The van der Waals surface area contributed by atoms with Gasteiger partial charge in [0.25, 0.3) is 10.0 Å². The third-order valence-corrected chi connectivity index (χ3v) is 9.84. The summed E-state index contributed by atoms with van der Waals surface area (Å²) in [6, 6.07) is 4.59. The molecule has 2 heterocycles. The van der Waals surface area contributed by atoms with Gasteiger partial charge in [-0.25, -0.2) is 4.39 Å². The molecular formula is C28H36FN5O5S. The summed E-state index contributed by atoms with van der Waals surface area (Å²) >= 11 is 0. The Morgan fingerprint density at radius 2 is 1.95 bits per heavy atom. The maximum absolute atomic E-state index is 14.0. The number of nitrogens with zero attached hydrogens (tertiary/aromatic N) is 3. The van der Waals surface area contributed by atoms with Gasteiger partial charge in [-0.1, -0.05) is 34.6 Å². The van der Waals surface area contributed by atoms with Crippen LogP contribution in [0.4, 0.5) is 4.39 Å². The number of carbonyl (C=O) groups excluding carboxylic acids is 3. The number of fused-ring (bicyclic) bond motifs is 1. The minimum Gasteiger partial charge on any atom is -0.356 e. The summed E-state index contributed by atoms with van der Waals surface area (Å²) in [5.41, 5.74) is -0.920. The van der Waals surface area contributed by atoms with Crippen molar-refractivity contribution in [3.8, 4) is 6.07 Å². The summed E-state index contributed by atoms with van der Waals surface area (Å²) in [6.45, 7) is 10.3. The number of hydrogen-bond donors (Lipinski definition) is 2. The fourth-order valence-corrected chi connectivity index (χ4v) is 6.90. The highest BCUT2D eigenvalue weighted by Gasteiger charge is 2.69. The van der Waals surface area contributed by atoms with Crippen molar-refractivity contribution in [1.82, 2.24) is 15.5 Å². The standard InChI is InChI=1S/C28H36FN5O5S/c1-27(2,3)20(14-32-40(38,39)19-8-6-17(29)7-9-19)26(37)34-15-21-22(28(21,4)5)23(34)25(36)33-18(13-30)12-16-10-11-31-24(16)35/h6-9,14,16,18,20-23H,10-12,15H2,1-5H3,(H,31,35)(H,33,36)/t16-,18-,20?,21-,22?,23-/m0/s1. The molecule has 3 amide bonds.